The van der Waals surface area contributed by atoms with Crippen LogP contribution in [0.1, 0.15) is 29.6 Å². The van der Waals surface area contributed by atoms with Crippen molar-refractivity contribution < 1.29 is 9.90 Å². The largest absolute Gasteiger partial charge is 0.396 e. The van der Waals surface area contributed by atoms with Gasteiger partial charge in [-0.1, -0.05) is 12.5 Å². The third kappa shape index (κ3) is 2.36. The Bertz CT molecular complexity index is 624. The fourth-order valence-electron chi connectivity index (χ4n) is 2.87. The van der Waals surface area contributed by atoms with Gasteiger partial charge in [-0.05, 0) is 25.0 Å². The van der Waals surface area contributed by atoms with Crippen molar-refractivity contribution in [2.45, 2.75) is 25.3 Å². The van der Waals surface area contributed by atoms with E-state index in [2.05, 4.69) is 15.3 Å². The van der Waals surface area contributed by atoms with Crippen molar-refractivity contribution in [2.24, 2.45) is 5.92 Å². The summed E-state index contributed by atoms with van der Waals surface area (Å²) in [7, 11) is 0. The molecule has 0 radical (unpaired) electrons. The Labute approximate surface area is 117 Å². The predicted molar refractivity (Wildman–Crippen MR) is 75.2 cm³/mol. The van der Waals surface area contributed by atoms with Crippen molar-refractivity contribution >= 4 is 16.9 Å². The topological polar surface area (TPSA) is 75.1 Å². The van der Waals surface area contributed by atoms with E-state index < -0.39 is 0 Å². The highest BCUT2D eigenvalue weighted by molar-refractivity contribution is 6.04. The smallest absolute Gasteiger partial charge is 0.253 e. The first-order chi connectivity index (χ1) is 9.79. The van der Waals surface area contributed by atoms with Crippen LogP contribution in [0.2, 0.25) is 0 Å². The first-order valence-electron chi connectivity index (χ1n) is 6.91. The molecule has 1 aromatic heterocycles. The van der Waals surface area contributed by atoms with Gasteiger partial charge in [-0.15, -0.1) is 0 Å². The molecule has 1 heterocycles. The van der Waals surface area contributed by atoms with Crippen LogP contribution in [-0.4, -0.2) is 33.6 Å². The van der Waals surface area contributed by atoms with Gasteiger partial charge in [-0.2, -0.15) is 0 Å². The van der Waals surface area contributed by atoms with Crippen LogP contribution in [-0.2, 0) is 0 Å². The van der Waals surface area contributed by atoms with Gasteiger partial charge in [0.2, 0.25) is 0 Å². The molecule has 1 amide bonds. The van der Waals surface area contributed by atoms with Crippen molar-refractivity contribution in [1.29, 1.82) is 0 Å². The highest BCUT2D eigenvalue weighted by Gasteiger charge is 2.28. The number of carbonyl (C=O) groups is 1. The molecule has 3 rings (SSSR count). The number of aliphatic hydroxyl groups is 1. The summed E-state index contributed by atoms with van der Waals surface area (Å²) in [5.74, 6) is 0.0291. The summed E-state index contributed by atoms with van der Waals surface area (Å²) in [5, 5.41) is 12.3. The second kappa shape index (κ2) is 5.54. The van der Waals surface area contributed by atoms with Gasteiger partial charge in [0, 0.05) is 31.0 Å². The molecule has 1 aliphatic carbocycles. The average molecular weight is 271 g/mol. The standard InChI is InChI=1S/C15H17N3O2/c19-9-10-3-1-5-12(10)18-15(20)11-4-2-6-13-14(11)17-8-7-16-13/h2,4,6-8,10,12,19H,1,3,5,9H2,(H,18,20). The van der Waals surface area contributed by atoms with E-state index in [9.17, 15) is 9.90 Å². The summed E-state index contributed by atoms with van der Waals surface area (Å²) in [6.07, 6.45) is 6.14. The number of rotatable bonds is 3. The molecule has 0 saturated heterocycles. The molecular weight excluding hydrogens is 254 g/mol. The number of nitrogens with zero attached hydrogens (tertiary/aromatic N) is 2. The summed E-state index contributed by atoms with van der Waals surface area (Å²) < 4.78 is 0. The molecule has 2 atom stereocenters. The Balaban J connectivity index is 1.86. The van der Waals surface area contributed by atoms with Crippen molar-refractivity contribution in [3.8, 4) is 0 Å². The number of aliphatic hydroxyl groups excluding tert-OH is 1. The van der Waals surface area contributed by atoms with Crippen LogP contribution < -0.4 is 5.32 Å². The maximum Gasteiger partial charge on any atom is 0.253 e. The lowest BCUT2D eigenvalue weighted by Crippen LogP contribution is -2.38. The Hall–Kier alpha value is -2.01. The number of benzene rings is 1. The van der Waals surface area contributed by atoms with E-state index in [-0.39, 0.29) is 24.5 Å². The second-order valence-corrected chi connectivity index (χ2v) is 5.18. The number of hydrogen-bond acceptors (Lipinski definition) is 4. The summed E-state index contributed by atoms with van der Waals surface area (Å²) in [5.41, 5.74) is 1.87. The van der Waals surface area contributed by atoms with Crippen LogP contribution in [0.3, 0.4) is 0 Å². The van der Waals surface area contributed by atoms with Gasteiger partial charge in [0.1, 0.15) is 5.52 Å². The molecule has 1 fully saturated rings. The SMILES string of the molecule is O=C(NC1CCCC1CO)c1cccc2nccnc12. The Morgan fingerprint density at radius 3 is 3.00 bits per heavy atom. The molecule has 1 aliphatic rings. The number of fused-ring (bicyclic) bond motifs is 1. The number of amides is 1. The van der Waals surface area contributed by atoms with Gasteiger partial charge < -0.3 is 10.4 Å². The molecular formula is C15H17N3O2. The zero-order valence-corrected chi connectivity index (χ0v) is 11.1. The summed E-state index contributed by atoms with van der Waals surface area (Å²) in [6.45, 7) is 0.125. The summed E-state index contributed by atoms with van der Waals surface area (Å²) >= 11 is 0. The van der Waals surface area contributed by atoms with Crippen LogP contribution in [0.5, 0.6) is 0 Å². The maximum atomic E-state index is 12.4. The van der Waals surface area contributed by atoms with E-state index in [1.54, 1.807) is 18.5 Å². The van der Waals surface area contributed by atoms with Crippen molar-refractivity contribution in [3.63, 3.8) is 0 Å². The lowest BCUT2D eigenvalue weighted by atomic mass is 10.0. The molecule has 5 nitrogen and oxygen atoms in total. The normalized spacial score (nSPS) is 22.1. The first kappa shape index (κ1) is 13.0. The minimum Gasteiger partial charge on any atom is -0.396 e. The van der Waals surface area contributed by atoms with Crippen molar-refractivity contribution in [2.75, 3.05) is 6.61 Å². The Morgan fingerprint density at radius 1 is 1.30 bits per heavy atom. The van der Waals surface area contributed by atoms with E-state index in [0.717, 1.165) is 19.3 Å². The van der Waals surface area contributed by atoms with E-state index >= 15 is 0 Å². The molecule has 104 valence electrons. The molecule has 5 heteroatoms. The van der Waals surface area contributed by atoms with Crippen molar-refractivity contribution in [1.82, 2.24) is 15.3 Å². The van der Waals surface area contributed by atoms with E-state index in [0.29, 0.717) is 16.6 Å². The van der Waals surface area contributed by atoms with Crippen LogP contribution in [0, 0.1) is 5.92 Å². The minimum atomic E-state index is -0.138. The average Bonchev–Trinajstić information content (AvgIpc) is 2.93. The third-order valence-corrected chi connectivity index (χ3v) is 3.95. The van der Waals surface area contributed by atoms with Gasteiger partial charge >= 0.3 is 0 Å². The van der Waals surface area contributed by atoms with E-state index in [4.69, 9.17) is 0 Å². The highest BCUT2D eigenvalue weighted by atomic mass is 16.3. The van der Waals surface area contributed by atoms with Gasteiger partial charge in [0.15, 0.2) is 0 Å². The zero-order chi connectivity index (χ0) is 13.9. The quantitative estimate of drug-likeness (QED) is 0.887. The third-order valence-electron chi connectivity index (χ3n) is 3.95. The van der Waals surface area contributed by atoms with Crippen LogP contribution in [0.4, 0.5) is 0 Å². The number of nitrogens with one attached hydrogen (secondary N) is 1. The molecule has 0 bridgehead atoms. The second-order valence-electron chi connectivity index (χ2n) is 5.18. The van der Waals surface area contributed by atoms with E-state index in [1.165, 1.54) is 0 Å². The summed E-state index contributed by atoms with van der Waals surface area (Å²) in [4.78, 5) is 20.9. The summed E-state index contributed by atoms with van der Waals surface area (Å²) in [6, 6.07) is 5.46. The molecule has 1 saturated carbocycles. The molecule has 2 N–H and O–H groups in total. The van der Waals surface area contributed by atoms with Gasteiger partial charge in [-0.3, -0.25) is 14.8 Å². The lowest BCUT2D eigenvalue weighted by Gasteiger charge is -2.19. The fraction of sp³-hybridized carbons (Fsp3) is 0.400. The molecule has 1 aromatic carbocycles. The number of para-hydroxylation sites is 1. The molecule has 20 heavy (non-hydrogen) atoms. The van der Waals surface area contributed by atoms with Crippen LogP contribution >= 0.6 is 0 Å². The molecule has 0 spiro atoms. The minimum absolute atomic E-state index is 0.0550. The van der Waals surface area contributed by atoms with Crippen LogP contribution in [0.15, 0.2) is 30.6 Å². The first-order valence-corrected chi connectivity index (χ1v) is 6.91. The number of carbonyl (C=O) groups excluding carboxylic acids is 1. The fourth-order valence-corrected chi connectivity index (χ4v) is 2.87. The predicted octanol–water partition coefficient (Wildman–Crippen LogP) is 1.52. The monoisotopic (exact) mass is 271 g/mol. The lowest BCUT2D eigenvalue weighted by molar-refractivity contribution is 0.0917. The van der Waals surface area contributed by atoms with E-state index in [1.807, 2.05) is 12.1 Å². The van der Waals surface area contributed by atoms with Crippen molar-refractivity contribution in [3.05, 3.63) is 36.2 Å². The highest BCUT2D eigenvalue weighted by Crippen LogP contribution is 2.25. The molecule has 2 unspecified atom stereocenters. The number of hydrogen-bond donors (Lipinski definition) is 2. The van der Waals surface area contributed by atoms with Gasteiger partial charge in [-0.25, -0.2) is 0 Å². The molecule has 0 aliphatic heterocycles. The number of aromatic nitrogens is 2. The maximum absolute atomic E-state index is 12.4. The zero-order valence-electron chi connectivity index (χ0n) is 11.1. The molecule has 2 aromatic rings. The Kier molecular flexibility index (Phi) is 3.60. The van der Waals surface area contributed by atoms with Gasteiger partial charge in [0.05, 0.1) is 11.1 Å². The Morgan fingerprint density at radius 2 is 2.15 bits per heavy atom. The van der Waals surface area contributed by atoms with Gasteiger partial charge in [0.25, 0.3) is 5.91 Å². The van der Waals surface area contributed by atoms with Crippen LogP contribution in [0.25, 0.3) is 11.0 Å².